The van der Waals surface area contributed by atoms with Crippen LogP contribution < -0.4 is 10.1 Å². The zero-order chi connectivity index (χ0) is 23.5. The highest BCUT2D eigenvalue weighted by Gasteiger charge is 2.09. The van der Waals surface area contributed by atoms with Crippen molar-refractivity contribution in [2.45, 2.75) is 19.3 Å². The summed E-state index contributed by atoms with van der Waals surface area (Å²) in [6, 6.07) is 20.5. The lowest BCUT2D eigenvalue weighted by atomic mass is 10.0. The third-order valence-corrected chi connectivity index (χ3v) is 5.21. The summed E-state index contributed by atoms with van der Waals surface area (Å²) in [4.78, 5) is 11.3. The Kier molecular flexibility index (Phi) is 8.66. The molecule has 0 saturated carbocycles. The van der Waals surface area contributed by atoms with Gasteiger partial charge in [-0.1, -0.05) is 61.2 Å². The van der Waals surface area contributed by atoms with Crippen molar-refractivity contribution < 1.29 is 14.6 Å². The van der Waals surface area contributed by atoms with Gasteiger partial charge in [-0.3, -0.25) is 4.79 Å². The van der Waals surface area contributed by atoms with Gasteiger partial charge in [-0.25, -0.2) is 0 Å². The van der Waals surface area contributed by atoms with Gasteiger partial charge in [0.25, 0.3) is 0 Å². The van der Waals surface area contributed by atoms with Crippen LogP contribution in [0.4, 0.5) is 5.69 Å². The summed E-state index contributed by atoms with van der Waals surface area (Å²) in [6.07, 6.45) is 11.4. The Morgan fingerprint density at radius 3 is 2.64 bits per heavy atom. The highest BCUT2D eigenvalue weighted by molar-refractivity contribution is 5.79. The minimum Gasteiger partial charge on any atom is -0.508 e. The number of aldehydes is 1. The Morgan fingerprint density at radius 2 is 1.88 bits per heavy atom. The Labute approximate surface area is 195 Å². The van der Waals surface area contributed by atoms with E-state index in [1.807, 2.05) is 61.7 Å². The molecular weight excluding hydrogens is 410 g/mol. The molecule has 2 N–H and O–H groups in total. The maximum absolute atomic E-state index is 11.3. The number of rotatable bonds is 11. The molecule has 0 saturated heterocycles. The van der Waals surface area contributed by atoms with E-state index in [1.54, 1.807) is 24.3 Å². The number of carbonyl (C=O) groups is 1. The number of nitrogens with one attached hydrogen (secondary N) is 1. The van der Waals surface area contributed by atoms with Gasteiger partial charge >= 0.3 is 0 Å². The number of phenolic OH excluding ortho intramolecular Hbond substituents is 1. The fourth-order valence-electron chi connectivity index (χ4n) is 3.45. The first-order valence-corrected chi connectivity index (χ1v) is 10.9. The number of carbonyl (C=O) groups excluding carboxylic acids is 1. The van der Waals surface area contributed by atoms with Crippen LogP contribution in [0.3, 0.4) is 0 Å². The lowest BCUT2D eigenvalue weighted by molar-refractivity contribution is 0.112. The number of phenols is 1. The monoisotopic (exact) mass is 439 g/mol. The molecule has 33 heavy (non-hydrogen) atoms. The second-order valence-electron chi connectivity index (χ2n) is 7.60. The van der Waals surface area contributed by atoms with Gasteiger partial charge < -0.3 is 15.2 Å². The highest BCUT2D eigenvalue weighted by Crippen LogP contribution is 2.32. The number of hydrogen-bond donors (Lipinski definition) is 2. The number of hydrogen-bond acceptors (Lipinski definition) is 4. The molecule has 0 aliphatic rings. The summed E-state index contributed by atoms with van der Waals surface area (Å²) in [5.74, 6) is 1.49. The Bertz CT molecular complexity index is 1160. The topological polar surface area (TPSA) is 58.6 Å². The van der Waals surface area contributed by atoms with E-state index in [0.717, 1.165) is 47.9 Å². The van der Waals surface area contributed by atoms with Crippen molar-refractivity contribution in [1.82, 2.24) is 0 Å². The Morgan fingerprint density at radius 1 is 1.03 bits per heavy atom. The van der Waals surface area contributed by atoms with Crippen molar-refractivity contribution in [2.24, 2.45) is 0 Å². The van der Waals surface area contributed by atoms with E-state index in [-0.39, 0.29) is 0 Å². The van der Waals surface area contributed by atoms with Crippen LogP contribution >= 0.6 is 0 Å². The number of aromatic hydroxyl groups is 1. The Hall–Kier alpha value is -4.05. The van der Waals surface area contributed by atoms with Gasteiger partial charge in [0, 0.05) is 7.05 Å². The summed E-state index contributed by atoms with van der Waals surface area (Å²) in [7, 11) is 1.84. The van der Waals surface area contributed by atoms with Crippen LogP contribution in [0.15, 0.2) is 103 Å². The van der Waals surface area contributed by atoms with Gasteiger partial charge in [-0.05, 0) is 72.4 Å². The molecule has 0 spiro atoms. The van der Waals surface area contributed by atoms with Crippen molar-refractivity contribution in [2.75, 3.05) is 12.4 Å². The van der Waals surface area contributed by atoms with Gasteiger partial charge in [0.1, 0.15) is 11.5 Å². The molecule has 168 valence electrons. The van der Waals surface area contributed by atoms with E-state index in [2.05, 4.69) is 24.0 Å². The first-order valence-electron chi connectivity index (χ1n) is 10.9. The fraction of sp³-hybridized carbons (Fsp3) is 0.138. The molecule has 0 bridgehead atoms. The lowest BCUT2D eigenvalue weighted by Crippen LogP contribution is -1.97. The standard InChI is InChI=1S/C29H29NO3/c1-3-22(10-5-4-6-11-23-12-9-14-26(32)19-23)18-24-16-17-29(27(20-24)30-2)33-28-15-8-7-13-25(28)21-31/h3-5,7-10,12-17,19-21,30,32H,1,6,11,18H2,2H3/b5-4-,22-10+. The zero-order valence-corrected chi connectivity index (χ0v) is 18.8. The highest BCUT2D eigenvalue weighted by atomic mass is 16.5. The molecule has 0 amide bonds. The molecule has 4 heteroatoms. The molecule has 0 aromatic heterocycles. The SMILES string of the molecule is C=C/C(=C\C=C/CCc1cccc(O)c1)Cc1ccc(Oc2ccccc2C=O)c(NC)c1. The summed E-state index contributed by atoms with van der Waals surface area (Å²) < 4.78 is 5.99. The maximum atomic E-state index is 11.3. The van der Waals surface area contributed by atoms with E-state index < -0.39 is 0 Å². The smallest absolute Gasteiger partial charge is 0.153 e. The van der Waals surface area contributed by atoms with Crippen LogP contribution in [-0.4, -0.2) is 18.4 Å². The second-order valence-corrected chi connectivity index (χ2v) is 7.60. The summed E-state index contributed by atoms with van der Waals surface area (Å²) in [5, 5.41) is 12.7. The largest absolute Gasteiger partial charge is 0.508 e. The number of benzene rings is 3. The van der Waals surface area contributed by atoms with E-state index in [9.17, 15) is 9.90 Å². The van der Waals surface area contributed by atoms with Crippen LogP contribution in [0.1, 0.15) is 27.9 Å². The quantitative estimate of drug-likeness (QED) is 0.252. The minimum atomic E-state index is 0.302. The molecule has 3 rings (SSSR count). The average molecular weight is 440 g/mol. The predicted molar refractivity (Wildman–Crippen MR) is 135 cm³/mol. The van der Waals surface area contributed by atoms with Crippen molar-refractivity contribution in [3.8, 4) is 17.2 Å². The molecule has 3 aromatic carbocycles. The zero-order valence-electron chi connectivity index (χ0n) is 18.8. The molecular formula is C29H29NO3. The van der Waals surface area contributed by atoms with Gasteiger partial charge in [-0.2, -0.15) is 0 Å². The van der Waals surface area contributed by atoms with Crippen molar-refractivity contribution in [3.05, 3.63) is 120 Å². The maximum Gasteiger partial charge on any atom is 0.153 e. The van der Waals surface area contributed by atoms with E-state index in [0.29, 0.717) is 22.8 Å². The minimum absolute atomic E-state index is 0.302. The summed E-state index contributed by atoms with van der Waals surface area (Å²) in [5.41, 5.74) is 4.69. The van der Waals surface area contributed by atoms with Gasteiger partial charge in [0.2, 0.25) is 0 Å². The fourth-order valence-corrected chi connectivity index (χ4v) is 3.45. The third-order valence-electron chi connectivity index (χ3n) is 5.21. The molecule has 0 atom stereocenters. The third kappa shape index (κ3) is 6.97. The molecule has 0 aliphatic heterocycles. The lowest BCUT2D eigenvalue weighted by Gasteiger charge is -2.14. The molecule has 0 fully saturated rings. The average Bonchev–Trinajstić information content (AvgIpc) is 2.84. The van der Waals surface area contributed by atoms with Crippen LogP contribution in [-0.2, 0) is 12.8 Å². The molecule has 4 nitrogen and oxygen atoms in total. The first-order chi connectivity index (χ1) is 16.1. The van der Waals surface area contributed by atoms with Crippen LogP contribution in [0.5, 0.6) is 17.2 Å². The Balaban J connectivity index is 1.64. The van der Waals surface area contributed by atoms with E-state index in [4.69, 9.17) is 4.74 Å². The molecule has 3 aromatic rings. The van der Waals surface area contributed by atoms with Gasteiger partial charge in [-0.15, -0.1) is 0 Å². The van der Waals surface area contributed by atoms with E-state index in [1.165, 1.54) is 0 Å². The number of allylic oxidation sites excluding steroid dienone is 5. The first kappa shape index (κ1) is 23.6. The second kappa shape index (κ2) is 12.1. The number of aryl methyl sites for hydroxylation is 1. The van der Waals surface area contributed by atoms with Crippen LogP contribution in [0.25, 0.3) is 0 Å². The van der Waals surface area contributed by atoms with Gasteiger partial charge in [0.15, 0.2) is 12.0 Å². The normalized spacial score (nSPS) is 11.4. The van der Waals surface area contributed by atoms with Crippen molar-refractivity contribution >= 4 is 12.0 Å². The molecule has 0 unspecified atom stereocenters. The predicted octanol–water partition coefficient (Wildman–Crippen LogP) is 6.88. The van der Waals surface area contributed by atoms with Crippen molar-refractivity contribution in [3.63, 3.8) is 0 Å². The van der Waals surface area contributed by atoms with E-state index >= 15 is 0 Å². The molecule has 0 heterocycles. The molecule has 0 radical (unpaired) electrons. The number of para-hydroxylation sites is 1. The number of ether oxygens (including phenoxy) is 1. The summed E-state index contributed by atoms with van der Waals surface area (Å²) in [6.45, 7) is 3.95. The van der Waals surface area contributed by atoms with Crippen LogP contribution in [0, 0.1) is 0 Å². The van der Waals surface area contributed by atoms with Crippen LogP contribution in [0.2, 0.25) is 0 Å². The van der Waals surface area contributed by atoms with Gasteiger partial charge in [0.05, 0.1) is 11.3 Å². The number of anilines is 1. The van der Waals surface area contributed by atoms with Crippen molar-refractivity contribution in [1.29, 1.82) is 0 Å². The molecule has 0 aliphatic carbocycles. The summed E-state index contributed by atoms with van der Waals surface area (Å²) >= 11 is 0.